The van der Waals surface area contributed by atoms with Crippen molar-refractivity contribution >= 4 is 0 Å². The van der Waals surface area contributed by atoms with Gasteiger partial charge in [-0.3, -0.25) is 0 Å². The summed E-state index contributed by atoms with van der Waals surface area (Å²) in [6.07, 6.45) is 0. The fourth-order valence-electron chi connectivity index (χ4n) is 2.99. The minimum atomic E-state index is -0.881. The van der Waals surface area contributed by atoms with Crippen LogP contribution >= 0.6 is 0 Å². The van der Waals surface area contributed by atoms with E-state index in [1.165, 1.54) is 0 Å². The molecule has 1 heterocycles. The van der Waals surface area contributed by atoms with Crippen molar-refractivity contribution in [2.24, 2.45) is 0 Å². The zero-order chi connectivity index (χ0) is 16.5. The van der Waals surface area contributed by atoms with E-state index >= 15 is 0 Å². The lowest BCUT2D eigenvalue weighted by Gasteiger charge is -2.30. The predicted octanol–water partition coefficient (Wildman–Crippen LogP) is 4.04. The number of benzene rings is 2. The molecule has 121 valence electrons. The first-order valence-electron chi connectivity index (χ1n) is 7.91. The molecule has 0 amide bonds. The van der Waals surface area contributed by atoms with E-state index < -0.39 is 5.79 Å². The van der Waals surface area contributed by atoms with Gasteiger partial charge in [-0.25, -0.2) is 0 Å². The zero-order valence-electron chi connectivity index (χ0n) is 14.2. The Bertz CT molecular complexity index is 665. The zero-order valence-corrected chi connectivity index (χ0v) is 14.2. The highest BCUT2D eigenvalue weighted by Gasteiger charge is 2.41. The van der Waals surface area contributed by atoms with Crippen LogP contribution in [0.2, 0.25) is 0 Å². The van der Waals surface area contributed by atoms with Crippen LogP contribution in [0.15, 0.2) is 42.5 Å². The van der Waals surface area contributed by atoms with E-state index in [1.807, 2.05) is 36.4 Å². The summed E-state index contributed by atoms with van der Waals surface area (Å²) in [6, 6.07) is 17.2. The van der Waals surface area contributed by atoms with Gasteiger partial charge in [-0.05, 0) is 35.2 Å². The van der Waals surface area contributed by atoms with Crippen molar-refractivity contribution in [3.05, 3.63) is 65.2 Å². The minimum absolute atomic E-state index is 0.0401. The molecule has 1 aliphatic rings. The first-order valence-corrected chi connectivity index (χ1v) is 7.91. The molecule has 23 heavy (non-hydrogen) atoms. The second-order valence-electron chi connectivity index (χ2n) is 6.75. The van der Waals surface area contributed by atoms with E-state index in [2.05, 4.69) is 32.9 Å². The van der Waals surface area contributed by atoms with E-state index in [-0.39, 0.29) is 5.41 Å². The summed E-state index contributed by atoms with van der Waals surface area (Å²) in [6.45, 7) is 7.66. The number of ether oxygens (including phenoxy) is 3. The lowest BCUT2D eigenvalue weighted by atomic mass is 9.83. The first-order chi connectivity index (χ1) is 11.0. The van der Waals surface area contributed by atoms with Crippen LogP contribution in [0.25, 0.3) is 0 Å². The molecule has 0 atom stereocenters. The normalized spacial score (nSPS) is 17.2. The van der Waals surface area contributed by atoms with Crippen molar-refractivity contribution in [1.82, 2.24) is 0 Å². The summed E-state index contributed by atoms with van der Waals surface area (Å²) in [5.41, 5.74) is 2.96. The second kappa shape index (κ2) is 5.99. The van der Waals surface area contributed by atoms with Gasteiger partial charge in [0.2, 0.25) is 5.79 Å². The van der Waals surface area contributed by atoms with Gasteiger partial charge in [0, 0.05) is 11.1 Å². The molecule has 2 aromatic carbocycles. The van der Waals surface area contributed by atoms with Crippen LogP contribution in [0.4, 0.5) is 0 Å². The molecule has 2 aromatic rings. The number of hydrogen-bond acceptors (Lipinski definition) is 3. The Morgan fingerprint density at radius 2 is 1.83 bits per heavy atom. The molecule has 1 radical (unpaired) electrons. The Hall–Kier alpha value is -1.84. The minimum Gasteiger partial charge on any atom is -0.496 e. The van der Waals surface area contributed by atoms with Crippen molar-refractivity contribution in [3.63, 3.8) is 0 Å². The summed E-state index contributed by atoms with van der Waals surface area (Å²) in [4.78, 5) is 0. The maximum atomic E-state index is 6.06. The van der Waals surface area contributed by atoms with Gasteiger partial charge in [0.15, 0.2) is 0 Å². The summed E-state index contributed by atoms with van der Waals surface area (Å²) in [7, 11) is 1.70. The standard InChI is InChI=1S/C20H23O3/c1-19(2,3)17-14-16(10-11-18(17)21-4)20(22-12-13-23-20)15-8-6-5-7-9-15/h5-8,10-11,14H,12-13H2,1-4H3. The monoisotopic (exact) mass is 311 g/mol. The Balaban J connectivity index is 2.15. The Kier molecular flexibility index (Phi) is 4.17. The molecule has 0 bridgehead atoms. The topological polar surface area (TPSA) is 27.7 Å². The van der Waals surface area contributed by atoms with E-state index in [0.717, 1.165) is 22.4 Å². The van der Waals surface area contributed by atoms with E-state index in [1.54, 1.807) is 7.11 Å². The Morgan fingerprint density at radius 3 is 2.39 bits per heavy atom. The lowest BCUT2D eigenvalue weighted by Crippen LogP contribution is -2.29. The summed E-state index contributed by atoms with van der Waals surface area (Å²) < 4.78 is 17.7. The molecule has 1 aliphatic heterocycles. The van der Waals surface area contributed by atoms with Crippen molar-refractivity contribution in [3.8, 4) is 5.75 Å². The SMILES string of the molecule is COc1ccc(C2(c3[c]cccc3)OCCO2)cc1C(C)(C)C. The van der Waals surface area contributed by atoms with Crippen molar-refractivity contribution in [1.29, 1.82) is 0 Å². The molecule has 0 saturated carbocycles. The molecule has 3 heteroatoms. The third-order valence-electron chi connectivity index (χ3n) is 4.15. The van der Waals surface area contributed by atoms with Crippen LogP contribution in [0.3, 0.4) is 0 Å². The third kappa shape index (κ3) is 2.87. The van der Waals surface area contributed by atoms with E-state index in [0.29, 0.717) is 13.2 Å². The highest BCUT2D eigenvalue weighted by atomic mass is 16.7. The third-order valence-corrected chi connectivity index (χ3v) is 4.15. The second-order valence-corrected chi connectivity index (χ2v) is 6.75. The van der Waals surface area contributed by atoms with Crippen LogP contribution in [0.5, 0.6) is 5.75 Å². The average Bonchev–Trinajstić information content (AvgIpc) is 3.05. The molecular weight excluding hydrogens is 288 g/mol. The van der Waals surface area contributed by atoms with Crippen LogP contribution in [-0.4, -0.2) is 20.3 Å². The average molecular weight is 311 g/mol. The van der Waals surface area contributed by atoms with Gasteiger partial charge in [-0.1, -0.05) is 45.0 Å². The quantitative estimate of drug-likeness (QED) is 0.856. The lowest BCUT2D eigenvalue weighted by molar-refractivity contribution is -0.130. The molecule has 1 saturated heterocycles. The maximum absolute atomic E-state index is 6.06. The van der Waals surface area contributed by atoms with Gasteiger partial charge in [0.25, 0.3) is 0 Å². The van der Waals surface area contributed by atoms with Crippen LogP contribution < -0.4 is 4.74 Å². The summed E-state index contributed by atoms with van der Waals surface area (Å²) >= 11 is 0. The van der Waals surface area contributed by atoms with Crippen molar-refractivity contribution < 1.29 is 14.2 Å². The largest absolute Gasteiger partial charge is 0.496 e. The van der Waals surface area contributed by atoms with Gasteiger partial charge in [-0.15, -0.1) is 0 Å². The Labute approximate surface area is 138 Å². The number of rotatable bonds is 3. The van der Waals surface area contributed by atoms with Crippen molar-refractivity contribution in [2.75, 3.05) is 20.3 Å². The molecule has 1 fully saturated rings. The van der Waals surface area contributed by atoms with E-state index in [4.69, 9.17) is 14.2 Å². The van der Waals surface area contributed by atoms with Crippen LogP contribution in [-0.2, 0) is 20.7 Å². The maximum Gasteiger partial charge on any atom is 0.223 e. The van der Waals surface area contributed by atoms with Crippen LogP contribution in [0.1, 0.15) is 37.5 Å². The molecule has 0 unspecified atom stereocenters. The predicted molar refractivity (Wildman–Crippen MR) is 89.7 cm³/mol. The molecule has 0 spiro atoms. The first kappa shape index (κ1) is 16.0. The molecule has 3 nitrogen and oxygen atoms in total. The van der Waals surface area contributed by atoms with E-state index in [9.17, 15) is 0 Å². The van der Waals surface area contributed by atoms with Gasteiger partial charge in [-0.2, -0.15) is 0 Å². The number of hydrogen-bond donors (Lipinski definition) is 0. The number of methoxy groups -OCH3 is 1. The Morgan fingerprint density at radius 1 is 1.09 bits per heavy atom. The molecular formula is C20H23O3. The van der Waals surface area contributed by atoms with Gasteiger partial charge in [0.05, 0.1) is 20.3 Å². The molecule has 0 N–H and O–H groups in total. The van der Waals surface area contributed by atoms with Gasteiger partial charge in [0.1, 0.15) is 5.75 Å². The summed E-state index contributed by atoms with van der Waals surface area (Å²) in [5, 5.41) is 0. The fourth-order valence-corrected chi connectivity index (χ4v) is 2.99. The van der Waals surface area contributed by atoms with Crippen molar-refractivity contribution in [2.45, 2.75) is 32.0 Å². The summed E-state index contributed by atoms with van der Waals surface area (Å²) in [5.74, 6) is -0.000456. The molecule has 0 aliphatic carbocycles. The van der Waals surface area contributed by atoms with Crippen LogP contribution in [0, 0.1) is 6.07 Å². The van der Waals surface area contributed by atoms with Gasteiger partial charge < -0.3 is 14.2 Å². The molecule has 0 aromatic heterocycles. The highest BCUT2D eigenvalue weighted by Crippen LogP contribution is 2.41. The fraction of sp³-hybridized carbons (Fsp3) is 0.400. The van der Waals surface area contributed by atoms with Gasteiger partial charge >= 0.3 is 0 Å². The highest BCUT2D eigenvalue weighted by molar-refractivity contribution is 5.45. The smallest absolute Gasteiger partial charge is 0.223 e. The molecule has 3 rings (SSSR count).